The fraction of sp³-hybridized carbons (Fsp3) is 0.316. The molecule has 26 heavy (non-hydrogen) atoms. The summed E-state index contributed by atoms with van der Waals surface area (Å²) in [5.74, 6) is 2.29. The maximum absolute atomic E-state index is 10.8. The minimum absolute atomic E-state index is 0.430. The standard InChI is InChI=1S/C19H22N2O5/c1-23-13-7-5-11(6-8-13)16-18(22)17(21-20-16)12-9-14(24-2)19(26-4)15(10-12)25-3/h5-10,17-18,21-22H,1-4H3. The van der Waals surface area contributed by atoms with Crippen LogP contribution in [0.5, 0.6) is 23.0 Å². The summed E-state index contributed by atoms with van der Waals surface area (Å²) in [6.45, 7) is 0. The molecular weight excluding hydrogens is 336 g/mol. The van der Waals surface area contributed by atoms with E-state index in [1.54, 1.807) is 40.6 Å². The van der Waals surface area contributed by atoms with E-state index in [1.807, 2.05) is 24.3 Å². The van der Waals surface area contributed by atoms with Crippen molar-refractivity contribution in [3.8, 4) is 23.0 Å². The first-order chi connectivity index (χ1) is 12.6. The zero-order valence-corrected chi connectivity index (χ0v) is 15.1. The quantitative estimate of drug-likeness (QED) is 0.823. The van der Waals surface area contributed by atoms with Gasteiger partial charge in [-0.3, -0.25) is 5.43 Å². The number of ether oxygens (including phenoxy) is 4. The van der Waals surface area contributed by atoms with Gasteiger partial charge in [0.1, 0.15) is 17.9 Å². The lowest BCUT2D eigenvalue weighted by Gasteiger charge is -2.20. The van der Waals surface area contributed by atoms with Gasteiger partial charge in [-0.15, -0.1) is 0 Å². The van der Waals surface area contributed by atoms with E-state index >= 15 is 0 Å². The SMILES string of the molecule is COc1ccc(C2=NNC(c3cc(OC)c(OC)c(OC)c3)C2O)cc1. The predicted molar refractivity (Wildman–Crippen MR) is 97.5 cm³/mol. The molecule has 7 heteroatoms. The Balaban J connectivity index is 1.90. The molecule has 0 radical (unpaired) electrons. The van der Waals surface area contributed by atoms with Crippen molar-refractivity contribution >= 4 is 5.71 Å². The van der Waals surface area contributed by atoms with Crippen LogP contribution in [0.25, 0.3) is 0 Å². The maximum Gasteiger partial charge on any atom is 0.203 e. The van der Waals surface area contributed by atoms with Crippen molar-refractivity contribution in [2.45, 2.75) is 12.1 Å². The highest BCUT2D eigenvalue weighted by molar-refractivity contribution is 6.05. The van der Waals surface area contributed by atoms with Gasteiger partial charge < -0.3 is 24.1 Å². The molecule has 0 bridgehead atoms. The molecule has 2 unspecified atom stereocenters. The van der Waals surface area contributed by atoms with E-state index in [1.165, 1.54) is 0 Å². The number of nitrogens with zero attached hydrogens (tertiary/aromatic N) is 1. The largest absolute Gasteiger partial charge is 0.497 e. The molecule has 0 aromatic heterocycles. The van der Waals surface area contributed by atoms with Crippen LogP contribution in [0.3, 0.4) is 0 Å². The zero-order chi connectivity index (χ0) is 18.7. The van der Waals surface area contributed by atoms with Crippen molar-refractivity contribution in [2.24, 2.45) is 5.10 Å². The van der Waals surface area contributed by atoms with Crippen LogP contribution in [0.2, 0.25) is 0 Å². The van der Waals surface area contributed by atoms with Crippen LogP contribution in [-0.4, -0.2) is 45.4 Å². The van der Waals surface area contributed by atoms with Gasteiger partial charge >= 0.3 is 0 Å². The highest BCUT2D eigenvalue weighted by Crippen LogP contribution is 2.41. The van der Waals surface area contributed by atoms with Crippen molar-refractivity contribution in [2.75, 3.05) is 28.4 Å². The number of methoxy groups -OCH3 is 4. The van der Waals surface area contributed by atoms with Gasteiger partial charge in [0.15, 0.2) is 11.5 Å². The average Bonchev–Trinajstić information content (AvgIpc) is 3.08. The van der Waals surface area contributed by atoms with Gasteiger partial charge in [0.05, 0.1) is 34.2 Å². The number of benzene rings is 2. The monoisotopic (exact) mass is 358 g/mol. The van der Waals surface area contributed by atoms with E-state index < -0.39 is 12.1 Å². The molecule has 7 nitrogen and oxygen atoms in total. The Labute approximate surface area is 152 Å². The molecule has 2 N–H and O–H groups in total. The van der Waals surface area contributed by atoms with Crippen LogP contribution in [0.4, 0.5) is 0 Å². The summed E-state index contributed by atoms with van der Waals surface area (Å²) >= 11 is 0. The summed E-state index contributed by atoms with van der Waals surface area (Å²) in [5.41, 5.74) is 5.15. The lowest BCUT2D eigenvalue weighted by atomic mass is 9.95. The zero-order valence-electron chi connectivity index (χ0n) is 15.1. The third kappa shape index (κ3) is 3.13. The first-order valence-electron chi connectivity index (χ1n) is 8.08. The molecule has 2 atom stereocenters. The Bertz CT molecular complexity index is 779. The Morgan fingerprint density at radius 2 is 1.50 bits per heavy atom. The van der Waals surface area contributed by atoms with Crippen molar-refractivity contribution < 1.29 is 24.1 Å². The van der Waals surface area contributed by atoms with Gasteiger partial charge in [0.25, 0.3) is 0 Å². The molecule has 1 heterocycles. The van der Waals surface area contributed by atoms with Crippen LogP contribution in [0.1, 0.15) is 17.2 Å². The molecule has 1 aliphatic rings. The third-order valence-electron chi connectivity index (χ3n) is 4.35. The Morgan fingerprint density at radius 3 is 2.00 bits per heavy atom. The molecule has 0 aliphatic carbocycles. The van der Waals surface area contributed by atoms with Crippen molar-refractivity contribution in [3.63, 3.8) is 0 Å². The van der Waals surface area contributed by atoms with E-state index in [0.29, 0.717) is 23.0 Å². The van der Waals surface area contributed by atoms with Gasteiger partial charge in [0.2, 0.25) is 5.75 Å². The molecule has 0 saturated carbocycles. The van der Waals surface area contributed by atoms with Crippen LogP contribution < -0.4 is 24.4 Å². The fourth-order valence-corrected chi connectivity index (χ4v) is 2.97. The van der Waals surface area contributed by atoms with Gasteiger partial charge in [-0.1, -0.05) is 0 Å². The van der Waals surface area contributed by atoms with Gasteiger partial charge in [-0.25, -0.2) is 0 Å². The molecule has 0 spiro atoms. The molecule has 2 aromatic rings. The predicted octanol–water partition coefficient (Wildman–Crippen LogP) is 2.13. The van der Waals surface area contributed by atoms with E-state index in [-0.39, 0.29) is 0 Å². The second kappa shape index (κ2) is 7.53. The Hall–Kier alpha value is -2.93. The molecule has 138 valence electrons. The van der Waals surface area contributed by atoms with Gasteiger partial charge in [0, 0.05) is 5.56 Å². The summed E-state index contributed by atoms with van der Waals surface area (Å²) < 4.78 is 21.3. The second-order valence-corrected chi connectivity index (χ2v) is 5.74. The Morgan fingerprint density at radius 1 is 0.885 bits per heavy atom. The van der Waals surface area contributed by atoms with E-state index in [4.69, 9.17) is 18.9 Å². The normalized spacial score (nSPS) is 18.7. The summed E-state index contributed by atoms with van der Waals surface area (Å²) in [5, 5.41) is 15.1. The first-order valence-corrected chi connectivity index (χ1v) is 8.08. The van der Waals surface area contributed by atoms with E-state index in [9.17, 15) is 5.11 Å². The highest BCUT2D eigenvalue weighted by atomic mass is 16.5. The Kier molecular flexibility index (Phi) is 5.18. The van der Waals surface area contributed by atoms with Gasteiger partial charge in [-0.05, 0) is 42.0 Å². The summed E-state index contributed by atoms with van der Waals surface area (Å²) in [6, 6.07) is 10.6. The van der Waals surface area contributed by atoms with Crippen LogP contribution in [0, 0.1) is 0 Å². The number of nitrogens with one attached hydrogen (secondary N) is 1. The van der Waals surface area contributed by atoms with Crippen molar-refractivity contribution in [1.82, 2.24) is 5.43 Å². The highest BCUT2D eigenvalue weighted by Gasteiger charge is 2.33. The number of hydrogen-bond donors (Lipinski definition) is 2. The summed E-state index contributed by atoms with van der Waals surface area (Å²) in [7, 11) is 6.27. The first kappa shape index (κ1) is 17.9. The van der Waals surface area contributed by atoms with E-state index in [2.05, 4.69) is 10.5 Å². The molecular formula is C19H22N2O5. The average molecular weight is 358 g/mol. The molecule has 3 rings (SSSR count). The minimum Gasteiger partial charge on any atom is -0.497 e. The molecule has 0 amide bonds. The number of rotatable bonds is 6. The molecule has 2 aromatic carbocycles. The number of aliphatic hydroxyl groups is 1. The smallest absolute Gasteiger partial charge is 0.203 e. The van der Waals surface area contributed by atoms with Crippen molar-refractivity contribution in [1.29, 1.82) is 0 Å². The number of hydrazone groups is 1. The summed E-state index contributed by atoms with van der Waals surface area (Å²) in [6.07, 6.45) is -0.828. The molecule has 0 saturated heterocycles. The fourth-order valence-electron chi connectivity index (χ4n) is 2.97. The lowest BCUT2D eigenvalue weighted by molar-refractivity contribution is 0.206. The topological polar surface area (TPSA) is 81.5 Å². The summed E-state index contributed by atoms with van der Waals surface area (Å²) in [4.78, 5) is 0. The molecule has 1 aliphatic heterocycles. The minimum atomic E-state index is -0.828. The van der Waals surface area contributed by atoms with Gasteiger partial charge in [-0.2, -0.15) is 5.10 Å². The number of aliphatic hydroxyl groups excluding tert-OH is 1. The third-order valence-corrected chi connectivity index (χ3v) is 4.35. The van der Waals surface area contributed by atoms with Crippen LogP contribution in [-0.2, 0) is 0 Å². The second-order valence-electron chi connectivity index (χ2n) is 5.74. The van der Waals surface area contributed by atoms with Crippen LogP contribution >= 0.6 is 0 Å². The van der Waals surface area contributed by atoms with E-state index in [0.717, 1.165) is 16.9 Å². The number of hydrogen-bond acceptors (Lipinski definition) is 7. The maximum atomic E-state index is 10.8. The van der Waals surface area contributed by atoms with Crippen LogP contribution in [0.15, 0.2) is 41.5 Å². The van der Waals surface area contributed by atoms with Crippen molar-refractivity contribution in [3.05, 3.63) is 47.5 Å². The lowest BCUT2D eigenvalue weighted by Crippen LogP contribution is -2.27. The molecule has 0 fully saturated rings.